The van der Waals surface area contributed by atoms with Crippen LogP contribution in [0.1, 0.15) is 6.92 Å². The number of carbonyl (C=O) groups is 2. The van der Waals surface area contributed by atoms with E-state index in [1.54, 1.807) is 6.08 Å². The second-order valence-electron chi connectivity index (χ2n) is 3.55. The predicted octanol–water partition coefficient (Wildman–Crippen LogP) is 1.44. The van der Waals surface area contributed by atoms with Gasteiger partial charge in [-0.15, -0.1) is 0 Å². The molecule has 0 aromatic rings. The van der Waals surface area contributed by atoms with Crippen LogP contribution in [0.5, 0.6) is 0 Å². The third-order valence-electron chi connectivity index (χ3n) is 2.41. The molecule has 1 aliphatic rings. The zero-order chi connectivity index (χ0) is 13.1. The number of hydrogen-bond acceptors (Lipinski definition) is 3. The Morgan fingerprint density at radius 3 is 2.59 bits per heavy atom. The molecule has 1 amide bonds. The lowest BCUT2D eigenvalue weighted by molar-refractivity contribution is -0.141. The van der Waals surface area contributed by atoms with Crippen LogP contribution in [0.15, 0.2) is 35.0 Å². The molecule has 1 aliphatic carbocycles. The number of ketones is 1. The van der Waals surface area contributed by atoms with E-state index in [1.165, 1.54) is 25.2 Å². The summed E-state index contributed by atoms with van der Waals surface area (Å²) < 4.78 is -0.125. The lowest BCUT2D eigenvalue weighted by Crippen LogP contribution is -2.49. The molecule has 92 valence electrons. The Kier molecular flexibility index (Phi) is 4.51. The van der Waals surface area contributed by atoms with Gasteiger partial charge < -0.3 is 10.4 Å². The van der Waals surface area contributed by atoms with Crippen LogP contribution in [0.3, 0.4) is 0 Å². The first-order valence-electron chi connectivity index (χ1n) is 4.79. The summed E-state index contributed by atoms with van der Waals surface area (Å²) in [5.41, 5.74) is -1.83. The highest BCUT2D eigenvalue weighted by Gasteiger charge is 2.42. The summed E-state index contributed by atoms with van der Waals surface area (Å²) in [6, 6.07) is 0. The van der Waals surface area contributed by atoms with Crippen LogP contribution < -0.4 is 5.32 Å². The normalized spacial score (nSPS) is 26.5. The fourth-order valence-corrected chi connectivity index (χ4v) is 1.58. The summed E-state index contributed by atoms with van der Waals surface area (Å²) in [7, 11) is 0. The topological polar surface area (TPSA) is 66.4 Å². The SMILES string of the molecule is CC(=O)C1(O)C=CC=CC1C(=O)NC=C(Cl)Cl. The molecule has 0 aromatic heterocycles. The van der Waals surface area contributed by atoms with Gasteiger partial charge in [-0.2, -0.15) is 0 Å². The highest BCUT2D eigenvalue weighted by molar-refractivity contribution is 6.55. The van der Waals surface area contributed by atoms with Crippen LogP contribution in [-0.4, -0.2) is 22.4 Å². The van der Waals surface area contributed by atoms with Crippen LogP contribution in [0.25, 0.3) is 0 Å². The molecule has 2 N–H and O–H groups in total. The Bertz CT molecular complexity index is 424. The maximum atomic E-state index is 11.8. The average Bonchev–Trinajstić information content (AvgIpc) is 2.26. The number of Topliss-reactive ketones (excluding diaryl/α,β-unsaturated/α-hetero) is 1. The van der Waals surface area contributed by atoms with Gasteiger partial charge in [-0.1, -0.05) is 41.4 Å². The third kappa shape index (κ3) is 3.19. The number of hydrogen-bond donors (Lipinski definition) is 2. The molecular weight excluding hydrogens is 265 g/mol. The molecule has 0 saturated heterocycles. The van der Waals surface area contributed by atoms with Crippen molar-refractivity contribution in [3.63, 3.8) is 0 Å². The third-order valence-corrected chi connectivity index (χ3v) is 2.63. The Hall–Kier alpha value is -1.10. The van der Waals surface area contributed by atoms with Gasteiger partial charge in [0.25, 0.3) is 0 Å². The predicted molar refractivity (Wildman–Crippen MR) is 65.3 cm³/mol. The number of carbonyl (C=O) groups excluding carboxylic acids is 2. The summed E-state index contributed by atoms with van der Waals surface area (Å²) in [5, 5.41) is 12.4. The van der Waals surface area contributed by atoms with Crippen molar-refractivity contribution in [1.82, 2.24) is 5.32 Å². The average molecular weight is 276 g/mol. The highest BCUT2D eigenvalue weighted by atomic mass is 35.5. The first-order chi connectivity index (χ1) is 7.88. The van der Waals surface area contributed by atoms with Crippen molar-refractivity contribution < 1.29 is 14.7 Å². The van der Waals surface area contributed by atoms with E-state index >= 15 is 0 Å². The molecule has 6 heteroatoms. The second-order valence-corrected chi connectivity index (χ2v) is 4.55. The molecule has 0 fully saturated rings. The van der Waals surface area contributed by atoms with Gasteiger partial charge in [0.15, 0.2) is 11.4 Å². The van der Waals surface area contributed by atoms with E-state index in [4.69, 9.17) is 23.2 Å². The van der Waals surface area contributed by atoms with Crippen molar-refractivity contribution in [3.8, 4) is 0 Å². The summed E-state index contributed by atoms with van der Waals surface area (Å²) in [6.07, 6.45) is 6.89. The van der Waals surface area contributed by atoms with Crippen LogP contribution >= 0.6 is 23.2 Å². The number of nitrogens with one attached hydrogen (secondary N) is 1. The maximum absolute atomic E-state index is 11.8. The lowest BCUT2D eigenvalue weighted by atomic mass is 9.80. The van der Waals surface area contributed by atoms with Gasteiger partial charge in [-0.25, -0.2) is 0 Å². The van der Waals surface area contributed by atoms with Crippen molar-refractivity contribution in [2.24, 2.45) is 5.92 Å². The standard InChI is InChI=1S/C11H11Cl2NO3/c1-7(15)11(17)5-3-2-4-8(11)10(16)14-6-9(12)13/h2-6,8,17H,1H3,(H,14,16). The van der Waals surface area contributed by atoms with Gasteiger partial charge in [-0.05, 0) is 13.0 Å². The summed E-state index contributed by atoms with van der Waals surface area (Å²) in [4.78, 5) is 23.1. The molecule has 1 rings (SSSR count). The Morgan fingerprint density at radius 2 is 2.06 bits per heavy atom. The molecular formula is C11H11Cl2NO3. The first kappa shape index (κ1) is 14.0. The van der Waals surface area contributed by atoms with Crippen LogP contribution in [0.2, 0.25) is 0 Å². The minimum atomic E-state index is -1.83. The quantitative estimate of drug-likeness (QED) is 0.819. The van der Waals surface area contributed by atoms with Crippen molar-refractivity contribution in [2.45, 2.75) is 12.5 Å². The largest absolute Gasteiger partial charge is 0.377 e. The number of rotatable bonds is 3. The Labute approximate surface area is 109 Å². The van der Waals surface area contributed by atoms with Gasteiger partial charge in [0.1, 0.15) is 4.49 Å². The molecule has 2 atom stereocenters. The molecule has 0 bridgehead atoms. The van der Waals surface area contributed by atoms with Crippen LogP contribution in [0.4, 0.5) is 0 Å². The lowest BCUT2D eigenvalue weighted by Gasteiger charge is -2.29. The van der Waals surface area contributed by atoms with Crippen molar-refractivity contribution in [1.29, 1.82) is 0 Å². The van der Waals surface area contributed by atoms with E-state index in [-0.39, 0.29) is 4.49 Å². The van der Waals surface area contributed by atoms with Gasteiger partial charge in [0.05, 0.1) is 5.92 Å². The van der Waals surface area contributed by atoms with E-state index in [0.717, 1.165) is 6.20 Å². The van der Waals surface area contributed by atoms with Crippen molar-refractivity contribution >= 4 is 34.9 Å². The molecule has 0 saturated carbocycles. The Morgan fingerprint density at radius 1 is 1.41 bits per heavy atom. The van der Waals surface area contributed by atoms with Crippen molar-refractivity contribution in [2.75, 3.05) is 0 Å². The smallest absolute Gasteiger partial charge is 0.234 e. The van der Waals surface area contributed by atoms with E-state index < -0.39 is 23.2 Å². The summed E-state index contributed by atoms with van der Waals surface area (Å²) in [5.74, 6) is -2.09. The molecule has 0 radical (unpaired) electrons. The van der Waals surface area contributed by atoms with Crippen LogP contribution in [0, 0.1) is 5.92 Å². The van der Waals surface area contributed by atoms with Gasteiger partial charge in [-0.3, -0.25) is 9.59 Å². The zero-order valence-electron chi connectivity index (χ0n) is 8.98. The van der Waals surface area contributed by atoms with E-state index in [9.17, 15) is 14.7 Å². The molecule has 0 heterocycles. The fourth-order valence-electron chi connectivity index (χ4n) is 1.47. The summed E-state index contributed by atoms with van der Waals surface area (Å²) in [6.45, 7) is 1.22. The summed E-state index contributed by atoms with van der Waals surface area (Å²) >= 11 is 10.7. The molecule has 0 spiro atoms. The highest BCUT2D eigenvalue weighted by Crippen LogP contribution is 2.26. The van der Waals surface area contributed by atoms with Crippen LogP contribution in [-0.2, 0) is 9.59 Å². The number of amides is 1. The fraction of sp³-hybridized carbons (Fsp3) is 0.273. The zero-order valence-corrected chi connectivity index (χ0v) is 10.5. The monoisotopic (exact) mass is 275 g/mol. The molecule has 4 nitrogen and oxygen atoms in total. The molecule has 0 aromatic carbocycles. The van der Waals surface area contributed by atoms with Gasteiger partial charge >= 0.3 is 0 Å². The minimum Gasteiger partial charge on any atom is -0.377 e. The second kappa shape index (κ2) is 5.49. The molecule has 2 unspecified atom stereocenters. The van der Waals surface area contributed by atoms with E-state index in [0.29, 0.717) is 0 Å². The first-order valence-corrected chi connectivity index (χ1v) is 5.54. The van der Waals surface area contributed by atoms with Gasteiger partial charge in [0.2, 0.25) is 5.91 Å². The van der Waals surface area contributed by atoms with E-state index in [1.807, 2.05) is 0 Å². The molecule has 17 heavy (non-hydrogen) atoms. The van der Waals surface area contributed by atoms with E-state index in [2.05, 4.69) is 5.32 Å². The minimum absolute atomic E-state index is 0.125. The Balaban J connectivity index is 2.92. The molecule has 0 aliphatic heterocycles. The van der Waals surface area contributed by atoms with Crippen molar-refractivity contribution in [3.05, 3.63) is 35.0 Å². The number of halogens is 2. The maximum Gasteiger partial charge on any atom is 0.234 e. The number of allylic oxidation sites excluding steroid dienone is 2. The number of aliphatic hydroxyl groups is 1. The van der Waals surface area contributed by atoms with Gasteiger partial charge in [0, 0.05) is 6.20 Å².